The number of nitrogens with zero attached hydrogens (tertiary/aromatic N) is 1. The van der Waals surface area contributed by atoms with Crippen molar-refractivity contribution in [3.05, 3.63) is 12.2 Å². The zero-order valence-electron chi connectivity index (χ0n) is 8.39. The lowest BCUT2D eigenvalue weighted by molar-refractivity contribution is -0.132. The predicted molar refractivity (Wildman–Crippen MR) is 51.9 cm³/mol. The Balaban J connectivity index is 1.75. The molecule has 1 saturated carbocycles. The molecule has 1 saturated heterocycles. The second kappa shape index (κ2) is 3.08. The molecule has 1 aliphatic heterocycles. The molecule has 1 heterocycles. The van der Waals surface area contributed by atoms with Gasteiger partial charge in [-0.1, -0.05) is 12.2 Å². The van der Waals surface area contributed by atoms with E-state index in [0.29, 0.717) is 25.0 Å². The molecule has 0 aromatic heterocycles. The van der Waals surface area contributed by atoms with Crippen LogP contribution in [0, 0.1) is 17.8 Å². The van der Waals surface area contributed by atoms with Crippen molar-refractivity contribution in [3.63, 3.8) is 0 Å². The minimum atomic E-state index is -0.466. The van der Waals surface area contributed by atoms with Crippen LogP contribution in [0.4, 0.5) is 4.79 Å². The van der Waals surface area contributed by atoms with Crippen LogP contribution in [0.5, 0.6) is 0 Å². The summed E-state index contributed by atoms with van der Waals surface area (Å²) < 4.78 is 4.77. The molecule has 0 aromatic carbocycles. The Kier molecular flexibility index (Phi) is 1.84. The van der Waals surface area contributed by atoms with E-state index in [-0.39, 0.29) is 11.8 Å². The summed E-state index contributed by atoms with van der Waals surface area (Å²) in [5.41, 5.74) is 0. The van der Waals surface area contributed by atoms with Crippen molar-refractivity contribution in [2.24, 2.45) is 17.8 Å². The van der Waals surface area contributed by atoms with Gasteiger partial charge in [0, 0.05) is 5.92 Å². The average molecular weight is 207 g/mol. The molecule has 4 nitrogen and oxygen atoms in total. The van der Waals surface area contributed by atoms with Crippen molar-refractivity contribution >= 4 is 12.0 Å². The fourth-order valence-electron chi connectivity index (χ4n) is 2.86. The molecule has 0 spiro atoms. The third-order valence-corrected chi connectivity index (χ3v) is 3.62. The van der Waals surface area contributed by atoms with Gasteiger partial charge in [-0.3, -0.25) is 4.79 Å². The third kappa shape index (κ3) is 1.28. The van der Waals surface area contributed by atoms with Crippen LogP contribution in [0.2, 0.25) is 0 Å². The summed E-state index contributed by atoms with van der Waals surface area (Å²) in [7, 11) is 0. The molecule has 0 unspecified atom stereocenters. The van der Waals surface area contributed by atoms with Crippen LogP contribution >= 0.6 is 0 Å². The van der Waals surface area contributed by atoms with Crippen LogP contribution in [0.25, 0.3) is 0 Å². The molecule has 3 atom stereocenters. The van der Waals surface area contributed by atoms with Gasteiger partial charge in [0.1, 0.15) is 6.61 Å². The number of ether oxygens (including phenoxy) is 1. The number of cyclic esters (lactones) is 1. The standard InChI is InChI=1S/C11H13NO3/c13-10(12-3-4-15-11(12)14)9-6-7-1-2-8(9)5-7/h1-2,7-9H,3-6H2/t7-,8-,9-/m0/s1. The number of imide groups is 1. The van der Waals surface area contributed by atoms with Gasteiger partial charge in [-0.25, -0.2) is 9.69 Å². The molecule has 0 aromatic rings. The second-order valence-corrected chi connectivity index (χ2v) is 4.49. The topological polar surface area (TPSA) is 46.6 Å². The number of carbonyl (C=O) groups is 2. The number of amides is 2. The van der Waals surface area contributed by atoms with Crippen LogP contribution in [0.3, 0.4) is 0 Å². The minimum Gasteiger partial charge on any atom is -0.447 e. The highest BCUT2D eigenvalue weighted by molar-refractivity contribution is 5.94. The maximum Gasteiger partial charge on any atom is 0.416 e. The van der Waals surface area contributed by atoms with E-state index < -0.39 is 6.09 Å². The van der Waals surface area contributed by atoms with Gasteiger partial charge in [-0.15, -0.1) is 0 Å². The maximum atomic E-state index is 12.0. The molecule has 2 aliphatic carbocycles. The number of rotatable bonds is 1. The molecule has 3 rings (SSSR count). The zero-order valence-corrected chi connectivity index (χ0v) is 8.39. The van der Waals surface area contributed by atoms with E-state index in [1.165, 1.54) is 4.90 Å². The van der Waals surface area contributed by atoms with E-state index in [4.69, 9.17) is 4.74 Å². The van der Waals surface area contributed by atoms with Crippen LogP contribution in [-0.4, -0.2) is 30.1 Å². The summed E-state index contributed by atoms with van der Waals surface area (Å²) >= 11 is 0. The highest BCUT2D eigenvalue weighted by atomic mass is 16.6. The number of allylic oxidation sites excluding steroid dienone is 2. The first-order valence-electron chi connectivity index (χ1n) is 5.42. The highest BCUT2D eigenvalue weighted by Gasteiger charge is 2.43. The fourth-order valence-corrected chi connectivity index (χ4v) is 2.86. The van der Waals surface area contributed by atoms with Crippen molar-refractivity contribution < 1.29 is 14.3 Å². The van der Waals surface area contributed by atoms with Gasteiger partial charge in [0.05, 0.1) is 6.54 Å². The van der Waals surface area contributed by atoms with Gasteiger partial charge in [0.2, 0.25) is 5.91 Å². The molecule has 2 bridgehead atoms. The monoisotopic (exact) mass is 207 g/mol. The fraction of sp³-hybridized carbons (Fsp3) is 0.636. The summed E-state index contributed by atoms with van der Waals surface area (Å²) in [6, 6.07) is 0. The normalized spacial score (nSPS) is 37.5. The Morgan fingerprint density at radius 2 is 2.27 bits per heavy atom. The Bertz CT molecular complexity index is 350. The summed E-state index contributed by atoms with van der Waals surface area (Å²) in [6.45, 7) is 0.774. The summed E-state index contributed by atoms with van der Waals surface area (Å²) in [4.78, 5) is 24.5. The predicted octanol–water partition coefficient (Wildman–Crippen LogP) is 1.18. The van der Waals surface area contributed by atoms with Crippen molar-refractivity contribution in [1.82, 2.24) is 4.90 Å². The lowest BCUT2D eigenvalue weighted by atomic mass is 9.92. The molecule has 2 fully saturated rings. The van der Waals surface area contributed by atoms with Crippen molar-refractivity contribution in [3.8, 4) is 0 Å². The number of fused-ring (bicyclic) bond motifs is 2. The molecular formula is C11H13NO3. The summed E-state index contributed by atoms with van der Waals surface area (Å²) in [6.07, 6.45) is 5.84. The molecule has 0 N–H and O–H groups in total. The van der Waals surface area contributed by atoms with Gasteiger partial charge in [0.15, 0.2) is 0 Å². The van der Waals surface area contributed by atoms with Gasteiger partial charge in [-0.05, 0) is 24.7 Å². The zero-order chi connectivity index (χ0) is 10.4. The number of carbonyl (C=O) groups excluding carboxylic acids is 2. The van der Waals surface area contributed by atoms with Crippen molar-refractivity contribution in [2.75, 3.05) is 13.2 Å². The Hall–Kier alpha value is -1.32. The van der Waals surface area contributed by atoms with Crippen molar-refractivity contribution in [1.29, 1.82) is 0 Å². The van der Waals surface area contributed by atoms with Crippen LogP contribution in [-0.2, 0) is 9.53 Å². The van der Waals surface area contributed by atoms with Crippen LogP contribution < -0.4 is 0 Å². The SMILES string of the molecule is O=C1OCCN1C(=O)[C@H]1C[C@H]2C=C[C@H]1C2. The smallest absolute Gasteiger partial charge is 0.416 e. The van der Waals surface area contributed by atoms with E-state index in [1.54, 1.807) is 0 Å². The van der Waals surface area contributed by atoms with E-state index in [9.17, 15) is 9.59 Å². The van der Waals surface area contributed by atoms with Gasteiger partial charge in [0.25, 0.3) is 0 Å². The van der Waals surface area contributed by atoms with E-state index in [2.05, 4.69) is 12.2 Å². The van der Waals surface area contributed by atoms with Crippen molar-refractivity contribution in [2.45, 2.75) is 12.8 Å². The first-order valence-corrected chi connectivity index (χ1v) is 5.42. The molecule has 15 heavy (non-hydrogen) atoms. The van der Waals surface area contributed by atoms with Gasteiger partial charge >= 0.3 is 6.09 Å². The quantitative estimate of drug-likeness (QED) is 0.606. The highest BCUT2D eigenvalue weighted by Crippen LogP contribution is 2.44. The van der Waals surface area contributed by atoms with Crippen LogP contribution in [0.1, 0.15) is 12.8 Å². The second-order valence-electron chi connectivity index (χ2n) is 4.49. The molecule has 0 radical (unpaired) electrons. The Morgan fingerprint density at radius 3 is 2.80 bits per heavy atom. The van der Waals surface area contributed by atoms with Gasteiger partial charge < -0.3 is 4.74 Å². The molecule has 3 aliphatic rings. The van der Waals surface area contributed by atoms with E-state index in [1.807, 2.05) is 0 Å². The van der Waals surface area contributed by atoms with E-state index in [0.717, 1.165) is 12.8 Å². The van der Waals surface area contributed by atoms with Gasteiger partial charge in [-0.2, -0.15) is 0 Å². The largest absolute Gasteiger partial charge is 0.447 e. The first kappa shape index (κ1) is 8.95. The Labute approximate surface area is 87.9 Å². The lowest BCUT2D eigenvalue weighted by Crippen LogP contribution is -2.38. The summed E-state index contributed by atoms with van der Waals surface area (Å²) in [5, 5.41) is 0. The average Bonchev–Trinajstić information content (AvgIpc) is 2.91. The first-order chi connectivity index (χ1) is 7.25. The third-order valence-electron chi connectivity index (χ3n) is 3.62. The van der Waals surface area contributed by atoms with E-state index >= 15 is 0 Å². The lowest BCUT2D eigenvalue weighted by Gasteiger charge is -2.20. The summed E-state index contributed by atoms with van der Waals surface area (Å²) in [5.74, 6) is 0.901. The Morgan fingerprint density at radius 1 is 1.40 bits per heavy atom. The molecular weight excluding hydrogens is 194 g/mol. The number of hydrogen-bond acceptors (Lipinski definition) is 3. The molecule has 80 valence electrons. The van der Waals surface area contributed by atoms with Crippen LogP contribution in [0.15, 0.2) is 12.2 Å². The minimum absolute atomic E-state index is 0.0191. The molecule has 2 amide bonds. The maximum absolute atomic E-state index is 12.0. The number of hydrogen-bond donors (Lipinski definition) is 0. The molecule has 4 heteroatoms.